The summed E-state index contributed by atoms with van der Waals surface area (Å²) in [6, 6.07) is 3.00. The number of carbonyl (C=O) groups is 3. The lowest BCUT2D eigenvalue weighted by atomic mass is 10.1. The van der Waals surface area contributed by atoms with Crippen LogP contribution in [0.2, 0.25) is 0 Å². The summed E-state index contributed by atoms with van der Waals surface area (Å²) in [5.41, 5.74) is 0.749. The summed E-state index contributed by atoms with van der Waals surface area (Å²) >= 11 is 0. The zero-order chi connectivity index (χ0) is 30.3. The Morgan fingerprint density at radius 1 is 1.20 bits per heavy atom. The Balaban J connectivity index is 1.80. The van der Waals surface area contributed by atoms with E-state index in [0.717, 1.165) is 6.20 Å². The zero-order valence-corrected chi connectivity index (χ0v) is 24.1. The summed E-state index contributed by atoms with van der Waals surface area (Å²) in [6.07, 6.45) is 4.64. The second-order valence-corrected chi connectivity index (χ2v) is 10.4. The highest BCUT2D eigenvalue weighted by molar-refractivity contribution is 5.95. The molecular weight excluding hydrogens is 533 g/mol. The van der Waals surface area contributed by atoms with Crippen LogP contribution in [0.4, 0.5) is 14.9 Å². The van der Waals surface area contributed by atoms with E-state index < -0.39 is 29.5 Å². The molecule has 3 heterocycles. The largest absolute Gasteiger partial charge is 0.436 e. The van der Waals surface area contributed by atoms with Crippen molar-refractivity contribution in [2.75, 3.05) is 33.5 Å². The van der Waals surface area contributed by atoms with Crippen LogP contribution in [-0.2, 0) is 27.3 Å². The molecule has 0 bridgehead atoms. The van der Waals surface area contributed by atoms with Crippen molar-refractivity contribution >= 4 is 34.6 Å². The van der Waals surface area contributed by atoms with E-state index in [2.05, 4.69) is 20.3 Å². The van der Waals surface area contributed by atoms with Crippen LogP contribution >= 0.6 is 0 Å². The molecule has 1 atom stereocenters. The Kier molecular flexibility index (Phi) is 10.3. The number of imidazole rings is 1. The number of ether oxygens (including phenoxy) is 1. The second-order valence-electron chi connectivity index (χ2n) is 10.4. The molecule has 0 fully saturated rings. The van der Waals surface area contributed by atoms with E-state index in [4.69, 9.17) is 4.74 Å². The van der Waals surface area contributed by atoms with Gasteiger partial charge in [-0.05, 0) is 43.4 Å². The van der Waals surface area contributed by atoms with Crippen molar-refractivity contribution in [1.29, 1.82) is 0 Å². The number of anilines is 1. The Hall–Kier alpha value is -4.55. The molecule has 0 saturated heterocycles. The summed E-state index contributed by atoms with van der Waals surface area (Å²) in [5, 5.41) is 2.55. The summed E-state index contributed by atoms with van der Waals surface area (Å²) in [4.78, 5) is 64.4. The number of amides is 3. The number of H-pyrrole nitrogens is 1. The number of allylic oxidation sites excluding steroid dienone is 1. The standard InChI is InChI=1S/C28H36FN7O5/c1-17(2)14-20-25-24(18(29)15-30-20)32-22(33-25)16-36-13-9-10-19(27(36)39)31-26(38)21(41-28(40)35(5)6)11-7-8-12-23(37)34(3)4/h8-10,12-13,15,17,21H,7,11,14,16H2,1-6H3,(H,31,38)(H,32,33). The lowest BCUT2D eigenvalue weighted by Crippen LogP contribution is -2.37. The molecule has 3 aromatic rings. The van der Waals surface area contributed by atoms with Crippen molar-refractivity contribution in [3.63, 3.8) is 0 Å². The zero-order valence-electron chi connectivity index (χ0n) is 24.1. The van der Waals surface area contributed by atoms with Crippen molar-refractivity contribution in [1.82, 2.24) is 29.3 Å². The molecule has 3 rings (SSSR count). The lowest BCUT2D eigenvalue weighted by molar-refractivity contribution is -0.125. The van der Waals surface area contributed by atoms with Gasteiger partial charge >= 0.3 is 6.09 Å². The van der Waals surface area contributed by atoms with E-state index in [9.17, 15) is 23.6 Å². The van der Waals surface area contributed by atoms with Gasteiger partial charge in [0, 0.05) is 34.4 Å². The first-order valence-corrected chi connectivity index (χ1v) is 13.1. The lowest BCUT2D eigenvalue weighted by Gasteiger charge is -2.19. The summed E-state index contributed by atoms with van der Waals surface area (Å²) in [6.45, 7) is 4.05. The van der Waals surface area contributed by atoms with Crippen molar-refractivity contribution in [3.8, 4) is 0 Å². The van der Waals surface area contributed by atoms with Crippen LogP contribution in [0.15, 0.2) is 41.5 Å². The maximum Gasteiger partial charge on any atom is 0.410 e. The number of hydrogen-bond donors (Lipinski definition) is 2. The number of pyridine rings is 2. The van der Waals surface area contributed by atoms with Gasteiger partial charge < -0.3 is 29.4 Å². The minimum Gasteiger partial charge on any atom is -0.436 e. The number of fused-ring (bicyclic) bond motifs is 1. The third kappa shape index (κ3) is 8.22. The molecule has 3 amide bonds. The SMILES string of the molecule is CC(C)Cc1ncc(F)c2nc(Cn3cccc(NC(=O)C(CCC=CC(=O)N(C)C)OC(=O)N(C)C)c3=O)[nH]c12. The minimum absolute atomic E-state index is 0.0124. The predicted molar refractivity (Wildman–Crippen MR) is 152 cm³/mol. The van der Waals surface area contributed by atoms with E-state index in [1.54, 1.807) is 26.2 Å². The van der Waals surface area contributed by atoms with Crippen molar-refractivity contribution in [3.05, 3.63) is 64.4 Å². The number of hydrogen-bond acceptors (Lipinski definition) is 7. The second kappa shape index (κ2) is 13.7. The van der Waals surface area contributed by atoms with Gasteiger partial charge in [-0.3, -0.25) is 19.4 Å². The van der Waals surface area contributed by atoms with Crippen LogP contribution in [-0.4, -0.2) is 81.5 Å². The van der Waals surface area contributed by atoms with Gasteiger partial charge in [0.25, 0.3) is 11.5 Å². The molecule has 0 aliphatic carbocycles. The van der Waals surface area contributed by atoms with Gasteiger partial charge in [0.05, 0.1) is 24.0 Å². The van der Waals surface area contributed by atoms with Crippen LogP contribution in [0, 0.1) is 11.7 Å². The molecule has 0 aliphatic heterocycles. The Bertz CT molecular complexity index is 1490. The predicted octanol–water partition coefficient (Wildman–Crippen LogP) is 2.94. The maximum atomic E-state index is 14.4. The maximum absolute atomic E-state index is 14.4. The topological polar surface area (TPSA) is 143 Å². The molecule has 2 N–H and O–H groups in total. The normalized spacial score (nSPS) is 12.1. The summed E-state index contributed by atoms with van der Waals surface area (Å²) in [7, 11) is 6.19. The van der Waals surface area contributed by atoms with Crippen LogP contribution in [0.1, 0.15) is 38.2 Å². The van der Waals surface area contributed by atoms with E-state index >= 15 is 0 Å². The van der Waals surface area contributed by atoms with E-state index in [1.165, 1.54) is 46.8 Å². The fraction of sp³-hybridized carbons (Fsp3) is 0.429. The molecular formula is C28H36FN7O5. The fourth-order valence-corrected chi connectivity index (χ4v) is 3.86. The highest BCUT2D eigenvalue weighted by Crippen LogP contribution is 2.20. The third-order valence-corrected chi connectivity index (χ3v) is 6.00. The number of carbonyl (C=O) groups excluding carboxylic acids is 3. The van der Waals surface area contributed by atoms with Crippen LogP contribution in [0.25, 0.3) is 11.0 Å². The molecule has 0 spiro atoms. The molecule has 13 heteroatoms. The summed E-state index contributed by atoms with van der Waals surface area (Å²) in [5.74, 6) is -0.844. The molecule has 0 saturated carbocycles. The number of rotatable bonds is 11. The number of nitrogens with zero attached hydrogens (tertiary/aromatic N) is 5. The summed E-state index contributed by atoms with van der Waals surface area (Å²) < 4.78 is 21.1. The van der Waals surface area contributed by atoms with Crippen molar-refractivity contribution in [2.24, 2.45) is 5.92 Å². The minimum atomic E-state index is -1.22. The quantitative estimate of drug-likeness (QED) is 0.338. The first kappa shape index (κ1) is 31.0. The van der Waals surface area contributed by atoms with E-state index in [-0.39, 0.29) is 36.5 Å². The van der Waals surface area contributed by atoms with Gasteiger partial charge in [-0.15, -0.1) is 0 Å². The van der Waals surface area contributed by atoms with Gasteiger partial charge in [0.15, 0.2) is 11.9 Å². The number of aromatic amines is 1. The Labute approximate surface area is 237 Å². The third-order valence-electron chi connectivity index (χ3n) is 6.00. The molecule has 12 nitrogen and oxygen atoms in total. The van der Waals surface area contributed by atoms with Gasteiger partial charge in [-0.2, -0.15) is 0 Å². The monoisotopic (exact) mass is 569 g/mol. The average molecular weight is 570 g/mol. The van der Waals surface area contributed by atoms with E-state index in [0.29, 0.717) is 29.4 Å². The van der Waals surface area contributed by atoms with Gasteiger partial charge in [-0.1, -0.05) is 19.9 Å². The van der Waals surface area contributed by atoms with Gasteiger partial charge in [0.1, 0.15) is 17.0 Å². The smallest absolute Gasteiger partial charge is 0.410 e. The molecule has 0 aliphatic rings. The van der Waals surface area contributed by atoms with Crippen molar-refractivity contribution in [2.45, 2.75) is 45.8 Å². The fourth-order valence-electron chi connectivity index (χ4n) is 3.86. The van der Waals surface area contributed by atoms with Crippen molar-refractivity contribution < 1.29 is 23.5 Å². The molecule has 1 unspecified atom stereocenters. The first-order valence-electron chi connectivity index (χ1n) is 13.1. The Morgan fingerprint density at radius 3 is 2.59 bits per heavy atom. The molecule has 220 valence electrons. The first-order chi connectivity index (χ1) is 19.4. The molecule has 41 heavy (non-hydrogen) atoms. The van der Waals surface area contributed by atoms with E-state index in [1.807, 2.05) is 13.8 Å². The number of nitrogens with one attached hydrogen (secondary N) is 2. The molecule has 0 aromatic carbocycles. The van der Waals surface area contributed by atoms with Gasteiger partial charge in [-0.25, -0.2) is 14.2 Å². The van der Waals surface area contributed by atoms with Crippen LogP contribution < -0.4 is 10.9 Å². The highest BCUT2D eigenvalue weighted by Gasteiger charge is 2.24. The Morgan fingerprint density at radius 2 is 1.93 bits per heavy atom. The number of aromatic nitrogens is 4. The number of likely N-dealkylation sites (N-methyl/N-ethyl adjacent to an activating group) is 1. The van der Waals surface area contributed by atoms with Gasteiger partial charge in [0.2, 0.25) is 5.91 Å². The number of halogens is 1. The van der Waals surface area contributed by atoms with Crippen LogP contribution in [0.5, 0.6) is 0 Å². The average Bonchev–Trinajstić information content (AvgIpc) is 3.34. The van der Waals surface area contributed by atoms with Crippen LogP contribution in [0.3, 0.4) is 0 Å². The molecule has 3 aromatic heterocycles. The molecule has 0 radical (unpaired) electrons. The highest BCUT2D eigenvalue weighted by atomic mass is 19.1.